The normalized spacial score (nSPS) is 36.1. The largest absolute Gasteiger partial charge is 0.472 e. The van der Waals surface area contributed by atoms with E-state index in [-0.39, 0.29) is 34.0 Å². The Morgan fingerprint density at radius 1 is 1.11 bits per heavy atom. The Labute approximate surface area is 245 Å². The molecule has 4 aromatic rings. The monoisotopic (exact) mass is 658 g/mol. The van der Waals surface area contributed by atoms with Crippen molar-refractivity contribution in [1.29, 1.82) is 0 Å². The number of halogens is 1. The van der Waals surface area contributed by atoms with E-state index in [4.69, 9.17) is 34.2 Å². The number of rotatable bonds is 2. The van der Waals surface area contributed by atoms with Crippen LogP contribution < -0.4 is 16.2 Å². The minimum atomic E-state index is -5.08. The van der Waals surface area contributed by atoms with Gasteiger partial charge in [0.2, 0.25) is 0 Å². The third-order valence-electron chi connectivity index (χ3n) is 7.37. The number of alkyl halides is 1. The zero-order valence-electron chi connectivity index (χ0n) is 22.1. The molecule has 0 aliphatic carbocycles. The molecular weight excluding hydrogens is 634 g/mol. The summed E-state index contributed by atoms with van der Waals surface area (Å²) in [5.74, 6) is 0.0136. The first-order valence-electron chi connectivity index (χ1n) is 12.9. The molecule has 23 heteroatoms. The Hall–Kier alpha value is -3.44. The number of aliphatic hydroxyl groups is 1. The van der Waals surface area contributed by atoms with Gasteiger partial charge in [0.1, 0.15) is 48.5 Å². The number of fused-ring (bicyclic) bond motifs is 5. The van der Waals surface area contributed by atoms with E-state index in [9.17, 15) is 23.0 Å². The van der Waals surface area contributed by atoms with Crippen molar-refractivity contribution in [3.05, 3.63) is 36.8 Å². The second-order valence-corrected chi connectivity index (χ2v) is 12.9. The number of hydrogen-bond acceptors (Lipinski definition) is 16. The molecule has 3 aliphatic heterocycles. The molecule has 2 bridgehead atoms. The molecular formula is C21H24FN10O10PS. The first-order valence-corrected chi connectivity index (χ1v) is 15.8. The smallest absolute Gasteiger partial charge is 0.396 e. The van der Waals surface area contributed by atoms with Crippen LogP contribution >= 0.6 is 7.82 Å². The number of nitrogens with two attached hydrogens (primary N) is 2. The summed E-state index contributed by atoms with van der Waals surface area (Å²) in [5.41, 5.74) is 12.6. The summed E-state index contributed by atoms with van der Waals surface area (Å²) in [7, 11) is -9.80. The highest BCUT2D eigenvalue weighted by atomic mass is 32.2. The number of aliphatic hydroxyl groups excluding tert-OH is 1. The van der Waals surface area contributed by atoms with Crippen molar-refractivity contribution in [3.63, 3.8) is 0 Å². The summed E-state index contributed by atoms with van der Waals surface area (Å²) in [6.07, 6.45) is -8.11. The molecule has 0 spiro atoms. The van der Waals surface area contributed by atoms with Crippen LogP contribution in [0.2, 0.25) is 0 Å². The molecule has 0 amide bonds. The molecule has 9 unspecified atom stereocenters. The van der Waals surface area contributed by atoms with E-state index in [0.29, 0.717) is 0 Å². The van der Waals surface area contributed by atoms with Crippen molar-refractivity contribution >= 4 is 46.4 Å². The number of nitrogen functional groups attached to an aromatic ring is 2. The molecule has 3 saturated heterocycles. The number of imidazole rings is 2. The Bertz CT molecular complexity index is 1900. The lowest BCUT2D eigenvalue weighted by atomic mass is 10.1. The fraction of sp³-hybridized carbons (Fsp3) is 0.476. The van der Waals surface area contributed by atoms with Gasteiger partial charge in [0.05, 0.1) is 36.7 Å². The lowest BCUT2D eigenvalue weighted by Crippen LogP contribution is -2.43. The van der Waals surface area contributed by atoms with Crippen LogP contribution in [0.3, 0.4) is 0 Å². The molecule has 3 fully saturated rings. The zero-order chi connectivity index (χ0) is 31.0. The zero-order valence-corrected chi connectivity index (χ0v) is 23.8. The number of ether oxygens (including phenoxy) is 2. The van der Waals surface area contributed by atoms with E-state index >= 15 is 4.39 Å². The molecule has 44 heavy (non-hydrogen) atoms. The van der Waals surface area contributed by atoms with Gasteiger partial charge in [-0.25, -0.2) is 37.6 Å². The van der Waals surface area contributed by atoms with Crippen molar-refractivity contribution in [1.82, 2.24) is 38.8 Å². The van der Waals surface area contributed by atoms with Crippen molar-refractivity contribution in [2.24, 2.45) is 0 Å². The summed E-state index contributed by atoms with van der Waals surface area (Å²) < 4.78 is 86.9. The maximum Gasteiger partial charge on any atom is 0.472 e. The number of anilines is 2. The van der Waals surface area contributed by atoms with Gasteiger partial charge in [-0.1, -0.05) is 0 Å². The molecule has 20 nitrogen and oxygen atoms in total. The van der Waals surface area contributed by atoms with Gasteiger partial charge in [-0.05, 0) is 6.07 Å². The van der Waals surface area contributed by atoms with Crippen LogP contribution in [0.15, 0.2) is 31.1 Å². The summed E-state index contributed by atoms with van der Waals surface area (Å²) in [6, 6.07) is 1.50. The van der Waals surface area contributed by atoms with E-state index in [1.807, 2.05) is 0 Å². The van der Waals surface area contributed by atoms with Gasteiger partial charge in [-0.15, -0.1) is 0 Å². The summed E-state index contributed by atoms with van der Waals surface area (Å²) in [4.78, 5) is 26.6. The maximum atomic E-state index is 15.9. The van der Waals surface area contributed by atoms with Gasteiger partial charge in [-0.3, -0.25) is 13.6 Å². The standard InChI is InChI=1S/C21H24FN10O10PS/c22-12-16-10(40-21(12)31-7-28-13-18(24)26-6-27-20(13)31)4-30-44(36,37)42-17-14(33)11(5-38-43(34,35)41-16)39-15(17)9-3-25-19-8(23)1-2-29-32(9)19/h1-3,6-7,10-12,14-17,21,30,33H,4-5,23H2,(H,34,35)(H2,24,26,27). The average molecular weight is 659 g/mol. The molecule has 0 aromatic carbocycles. The quantitative estimate of drug-likeness (QED) is 0.153. The van der Waals surface area contributed by atoms with Crippen LogP contribution in [-0.4, -0.2) is 102 Å². The fourth-order valence-corrected chi connectivity index (χ4v) is 7.23. The number of hydrogen-bond donors (Lipinski definition) is 5. The van der Waals surface area contributed by atoms with Gasteiger partial charge < -0.3 is 30.9 Å². The first-order chi connectivity index (χ1) is 20.9. The number of nitrogens with one attached hydrogen (secondary N) is 1. The lowest BCUT2D eigenvalue weighted by Gasteiger charge is -2.23. The molecule has 3 aliphatic rings. The van der Waals surface area contributed by atoms with E-state index < -0.39 is 80.3 Å². The Morgan fingerprint density at radius 2 is 1.93 bits per heavy atom. The van der Waals surface area contributed by atoms with Crippen LogP contribution in [0.25, 0.3) is 16.8 Å². The molecule has 0 saturated carbocycles. The fourth-order valence-electron chi connectivity index (χ4n) is 5.33. The Balaban J connectivity index is 1.20. The summed E-state index contributed by atoms with van der Waals surface area (Å²) in [5, 5.41) is 15.1. The van der Waals surface area contributed by atoms with Gasteiger partial charge in [0.25, 0.3) is 0 Å². The molecule has 7 N–H and O–H groups in total. The van der Waals surface area contributed by atoms with E-state index in [1.165, 1.54) is 29.3 Å². The molecule has 0 radical (unpaired) electrons. The van der Waals surface area contributed by atoms with Gasteiger partial charge in [0, 0.05) is 6.54 Å². The van der Waals surface area contributed by atoms with Crippen molar-refractivity contribution in [2.45, 2.75) is 49.0 Å². The molecule has 236 valence electrons. The molecule has 7 rings (SSSR count). The van der Waals surface area contributed by atoms with Crippen LogP contribution in [0.1, 0.15) is 18.0 Å². The molecule has 9 atom stereocenters. The summed E-state index contributed by atoms with van der Waals surface area (Å²) in [6.45, 7) is -1.48. The maximum absolute atomic E-state index is 15.9. The third-order valence-corrected chi connectivity index (χ3v) is 9.35. The molecule has 4 aromatic heterocycles. The van der Waals surface area contributed by atoms with Crippen LogP contribution in [0.4, 0.5) is 15.9 Å². The minimum Gasteiger partial charge on any atom is -0.396 e. The van der Waals surface area contributed by atoms with E-state index in [2.05, 4.69) is 29.8 Å². The highest BCUT2D eigenvalue weighted by Gasteiger charge is 2.53. The highest BCUT2D eigenvalue weighted by molar-refractivity contribution is 7.84. The minimum absolute atomic E-state index is 0.0136. The Morgan fingerprint density at radius 3 is 2.75 bits per heavy atom. The van der Waals surface area contributed by atoms with Gasteiger partial charge in [-0.2, -0.15) is 18.2 Å². The predicted octanol–water partition coefficient (Wildman–Crippen LogP) is -1.49. The first kappa shape index (κ1) is 29.3. The highest BCUT2D eigenvalue weighted by Crippen LogP contribution is 2.50. The third kappa shape index (κ3) is 4.98. The van der Waals surface area contributed by atoms with Crippen LogP contribution in [-0.2, 0) is 37.6 Å². The number of aromatic nitrogens is 7. The van der Waals surface area contributed by atoms with Gasteiger partial charge in [0.15, 0.2) is 29.5 Å². The van der Waals surface area contributed by atoms with E-state index in [0.717, 1.165) is 10.9 Å². The predicted molar refractivity (Wildman–Crippen MR) is 142 cm³/mol. The average Bonchev–Trinajstić information content (AvgIpc) is 3.73. The Kier molecular flexibility index (Phi) is 7.04. The van der Waals surface area contributed by atoms with Gasteiger partial charge >= 0.3 is 18.1 Å². The van der Waals surface area contributed by atoms with Crippen LogP contribution in [0.5, 0.6) is 0 Å². The van der Waals surface area contributed by atoms with Crippen molar-refractivity contribution < 1.29 is 50.1 Å². The van der Waals surface area contributed by atoms with Crippen molar-refractivity contribution in [3.8, 4) is 0 Å². The van der Waals surface area contributed by atoms with Crippen molar-refractivity contribution in [2.75, 3.05) is 24.6 Å². The topological polar surface area (TPSA) is 276 Å². The second-order valence-electron chi connectivity index (χ2n) is 10.1. The van der Waals surface area contributed by atoms with E-state index in [1.54, 1.807) is 0 Å². The number of nitrogens with zero attached hydrogens (tertiary/aromatic N) is 7. The molecule has 7 heterocycles. The second kappa shape index (κ2) is 10.6. The number of phosphoric acid groups is 1. The SMILES string of the molecule is Nc1ncnc2c1ncn2C1OC2CNS(=O)(=O)OC3C(c4cnc5c(N)ccnn45)OC(COP(=O)(O)OC2C1F)C3O. The summed E-state index contributed by atoms with van der Waals surface area (Å²) >= 11 is 0. The number of phosphoric ester groups is 1. The van der Waals surface area contributed by atoms with Crippen LogP contribution in [0, 0.1) is 0 Å². The lowest BCUT2D eigenvalue weighted by molar-refractivity contribution is -0.0352.